The van der Waals surface area contributed by atoms with Crippen molar-refractivity contribution in [1.82, 2.24) is 0 Å². The van der Waals surface area contributed by atoms with E-state index in [-0.39, 0.29) is 19.8 Å². The molecule has 0 radical (unpaired) electrons. The molecule has 25 heavy (non-hydrogen) atoms. The SMILES string of the molecule is CCO[Si](OCC)(OCC)C(F)(F)OC(=O)c1ccc(F)c(F)c1F. The zero-order valence-corrected chi connectivity index (χ0v) is 14.7. The monoisotopic (exact) mass is 388 g/mol. The van der Waals surface area contributed by atoms with Crippen molar-refractivity contribution in [2.45, 2.75) is 26.5 Å². The summed E-state index contributed by atoms with van der Waals surface area (Å²) in [5, 5.41) is 0. The molecule has 0 unspecified atom stereocenters. The predicted molar refractivity (Wildman–Crippen MR) is 77.3 cm³/mol. The van der Waals surface area contributed by atoms with Gasteiger partial charge < -0.3 is 18.0 Å². The van der Waals surface area contributed by atoms with Crippen LogP contribution in [0.2, 0.25) is 0 Å². The maximum atomic E-state index is 14.5. The lowest BCUT2D eigenvalue weighted by Crippen LogP contribution is -2.62. The van der Waals surface area contributed by atoms with Crippen molar-refractivity contribution >= 4 is 14.8 Å². The summed E-state index contributed by atoms with van der Waals surface area (Å²) < 4.78 is 87.4. The van der Waals surface area contributed by atoms with E-state index in [0.717, 1.165) is 0 Å². The molecule has 0 aliphatic heterocycles. The zero-order chi connectivity index (χ0) is 19.3. The Labute approximate surface area is 142 Å². The van der Waals surface area contributed by atoms with Gasteiger partial charge in [0, 0.05) is 19.8 Å². The van der Waals surface area contributed by atoms with E-state index in [1.165, 1.54) is 20.8 Å². The Hall–Kier alpha value is -1.56. The third-order valence-corrected chi connectivity index (χ3v) is 5.66. The molecule has 0 spiro atoms. The quantitative estimate of drug-likeness (QED) is 0.281. The lowest BCUT2D eigenvalue weighted by Gasteiger charge is -2.33. The molecule has 0 aromatic heterocycles. The van der Waals surface area contributed by atoms with Gasteiger partial charge in [-0.3, -0.25) is 0 Å². The van der Waals surface area contributed by atoms with Gasteiger partial charge in [0.05, 0.1) is 5.56 Å². The van der Waals surface area contributed by atoms with E-state index >= 15 is 0 Å². The van der Waals surface area contributed by atoms with Crippen LogP contribution in [0.25, 0.3) is 0 Å². The lowest BCUT2D eigenvalue weighted by atomic mass is 10.2. The Balaban J connectivity index is 3.19. The van der Waals surface area contributed by atoms with Crippen LogP contribution in [0.3, 0.4) is 0 Å². The molecular formula is C14H17F5O5Si. The van der Waals surface area contributed by atoms with E-state index in [4.69, 9.17) is 13.3 Å². The average Bonchev–Trinajstić information content (AvgIpc) is 2.52. The van der Waals surface area contributed by atoms with Crippen molar-refractivity contribution in [3.05, 3.63) is 35.1 Å². The van der Waals surface area contributed by atoms with Crippen LogP contribution in [0.4, 0.5) is 22.0 Å². The largest absolute Gasteiger partial charge is 0.627 e. The highest BCUT2D eigenvalue weighted by atomic mass is 28.4. The maximum Gasteiger partial charge on any atom is 0.627 e. The fraction of sp³-hybridized carbons (Fsp3) is 0.500. The Morgan fingerprint density at radius 2 is 1.44 bits per heavy atom. The number of benzene rings is 1. The molecule has 1 aromatic rings. The van der Waals surface area contributed by atoms with Crippen molar-refractivity contribution in [3.63, 3.8) is 0 Å². The first-order valence-electron chi connectivity index (χ1n) is 7.32. The van der Waals surface area contributed by atoms with E-state index in [0.29, 0.717) is 12.1 Å². The van der Waals surface area contributed by atoms with Gasteiger partial charge in [-0.2, -0.15) is 8.78 Å². The Morgan fingerprint density at radius 3 is 1.88 bits per heavy atom. The number of esters is 1. The topological polar surface area (TPSA) is 54.0 Å². The van der Waals surface area contributed by atoms with Crippen LogP contribution in [0.15, 0.2) is 12.1 Å². The van der Waals surface area contributed by atoms with Crippen LogP contribution in [0.1, 0.15) is 31.1 Å². The lowest BCUT2D eigenvalue weighted by molar-refractivity contribution is -0.191. The number of ether oxygens (including phenoxy) is 1. The zero-order valence-electron chi connectivity index (χ0n) is 13.7. The summed E-state index contributed by atoms with van der Waals surface area (Å²) >= 11 is 0. The third kappa shape index (κ3) is 4.54. The van der Waals surface area contributed by atoms with Gasteiger partial charge in [-0.25, -0.2) is 18.0 Å². The molecule has 0 saturated carbocycles. The summed E-state index contributed by atoms with van der Waals surface area (Å²) in [5.74, 6) is -7.43. The minimum Gasteiger partial charge on any atom is -0.394 e. The standard InChI is InChI=1S/C14H17F5O5Si/c1-4-21-25(22-5-2,23-6-3)14(18,19)24-13(20)9-7-8-10(15)12(17)11(9)16/h7-8H,4-6H2,1-3H3. The highest BCUT2D eigenvalue weighted by molar-refractivity contribution is 6.63. The van der Waals surface area contributed by atoms with E-state index in [1.807, 2.05) is 0 Å². The highest BCUT2D eigenvalue weighted by Crippen LogP contribution is 2.33. The van der Waals surface area contributed by atoms with E-state index in [1.54, 1.807) is 0 Å². The molecule has 1 aromatic carbocycles. The van der Waals surface area contributed by atoms with Crippen molar-refractivity contribution in [3.8, 4) is 0 Å². The first kappa shape index (κ1) is 21.5. The van der Waals surface area contributed by atoms with E-state index in [9.17, 15) is 26.7 Å². The summed E-state index contributed by atoms with van der Waals surface area (Å²) in [6.45, 7) is 3.48. The number of rotatable bonds is 9. The molecule has 0 bridgehead atoms. The number of hydrogen-bond acceptors (Lipinski definition) is 5. The van der Waals surface area contributed by atoms with Crippen molar-refractivity contribution in [2.75, 3.05) is 19.8 Å². The Bertz CT molecular complexity index is 597. The molecule has 1 rings (SSSR count). The molecule has 0 aliphatic carbocycles. The Morgan fingerprint density at radius 1 is 0.960 bits per heavy atom. The van der Waals surface area contributed by atoms with Crippen LogP contribution in [-0.4, -0.2) is 40.3 Å². The molecule has 0 amide bonds. The number of carbonyl (C=O) groups is 1. The number of hydrogen-bond donors (Lipinski definition) is 0. The molecule has 11 heteroatoms. The second kappa shape index (κ2) is 8.69. The van der Waals surface area contributed by atoms with Gasteiger partial charge in [-0.1, -0.05) is 0 Å². The average molecular weight is 388 g/mol. The van der Waals surface area contributed by atoms with Gasteiger partial charge in [0.2, 0.25) is 0 Å². The smallest absolute Gasteiger partial charge is 0.394 e. The van der Waals surface area contributed by atoms with Crippen LogP contribution in [-0.2, 0) is 18.0 Å². The molecule has 0 fully saturated rings. The van der Waals surface area contributed by atoms with Gasteiger partial charge in [-0.05, 0) is 32.9 Å². The van der Waals surface area contributed by atoms with Gasteiger partial charge in [-0.15, -0.1) is 0 Å². The molecule has 0 heterocycles. The van der Waals surface area contributed by atoms with Crippen LogP contribution in [0, 0.1) is 17.5 Å². The summed E-state index contributed by atoms with van der Waals surface area (Å²) in [5.41, 5.74) is -5.59. The summed E-state index contributed by atoms with van der Waals surface area (Å²) in [4.78, 5) is 11.8. The van der Waals surface area contributed by atoms with Gasteiger partial charge >= 0.3 is 20.5 Å². The highest BCUT2D eigenvalue weighted by Gasteiger charge is 2.69. The minimum atomic E-state index is -4.83. The summed E-state index contributed by atoms with van der Waals surface area (Å²) in [7, 11) is -4.83. The van der Waals surface area contributed by atoms with Gasteiger partial charge in [0.15, 0.2) is 17.5 Å². The van der Waals surface area contributed by atoms with E-state index in [2.05, 4.69) is 4.74 Å². The van der Waals surface area contributed by atoms with Crippen LogP contribution >= 0.6 is 0 Å². The number of halogens is 5. The fourth-order valence-electron chi connectivity index (χ4n) is 1.86. The molecular weight excluding hydrogens is 371 g/mol. The first-order valence-corrected chi connectivity index (χ1v) is 9.04. The minimum absolute atomic E-state index is 0.237. The van der Waals surface area contributed by atoms with Gasteiger partial charge in [0.25, 0.3) is 0 Å². The fourth-order valence-corrected chi connectivity index (χ4v) is 3.98. The predicted octanol–water partition coefficient (Wildman–Crippen LogP) is 3.44. The summed E-state index contributed by atoms with van der Waals surface area (Å²) in [6, 6.07) is 0.892. The maximum absolute atomic E-state index is 14.5. The van der Waals surface area contributed by atoms with Crippen LogP contribution < -0.4 is 0 Å². The molecule has 0 atom stereocenters. The molecule has 142 valence electrons. The molecule has 0 saturated heterocycles. The number of carbonyl (C=O) groups excluding carboxylic acids is 1. The van der Waals surface area contributed by atoms with Crippen molar-refractivity contribution in [1.29, 1.82) is 0 Å². The summed E-state index contributed by atoms with van der Waals surface area (Å²) in [6.07, 6.45) is 0. The molecule has 5 nitrogen and oxygen atoms in total. The molecule has 0 N–H and O–H groups in total. The van der Waals surface area contributed by atoms with Crippen molar-refractivity contribution < 1.29 is 44.8 Å². The van der Waals surface area contributed by atoms with E-state index < -0.39 is 43.5 Å². The second-order valence-corrected chi connectivity index (χ2v) is 7.04. The Kier molecular flexibility index (Phi) is 7.47. The van der Waals surface area contributed by atoms with Gasteiger partial charge in [0.1, 0.15) is 0 Å². The van der Waals surface area contributed by atoms with Crippen molar-refractivity contribution in [2.24, 2.45) is 0 Å². The van der Waals surface area contributed by atoms with Crippen LogP contribution in [0.5, 0.6) is 0 Å². The normalized spacial score (nSPS) is 12.3. The first-order chi connectivity index (χ1) is 11.7. The molecule has 0 aliphatic rings. The third-order valence-electron chi connectivity index (χ3n) is 2.84. The number of alkyl halides is 2. The second-order valence-electron chi connectivity index (χ2n) is 4.48.